The summed E-state index contributed by atoms with van der Waals surface area (Å²) in [6.07, 6.45) is 1.02. The molecule has 0 aromatic heterocycles. The van der Waals surface area contributed by atoms with Crippen LogP contribution in [0.1, 0.15) is 6.42 Å². The number of carbonyl (C=O) groups excluding carboxylic acids is 1. The zero-order chi connectivity index (χ0) is 19.9. The van der Waals surface area contributed by atoms with E-state index in [2.05, 4.69) is 21.6 Å². The summed E-state index contributed by atoms with van der Waals surface area (Å²) in [5, 5.41) is 5.79. The third-order valence-electron chi connectivity index (χ3n) is 4.90. The van der Waals surface area contributed by atoms with Crippen LogP contribution in [0.2, 0.25) is 0 Å². The number of anilines is 2. The van der Waals surface area contributed by atoms with E-state index >= 15 is 0 Å². The summed E-state index contributed by atoms with van der Waals surface area (Å²) in [5.41, 5.74) is 1.75. The first-order valence-corrected chi connectivity index (χ1v) is 9.29. The normalized spacial score (nSPS) is 15.8. The van der Waals surface area contributed by atoms with Gasteiger partial charge in [0.05, 0.1) is 27.0 Å². The standard InChI is InChI=1S/C21H27N3O4/c1-26-18-7-5-4-6-17(18)24-11-10-15(14-24)13-22-21(25)23-16-8-9-19(27-2)20(12-16)28-3/h4-9,12,15H,10-11,13-14H2,1-3H3,(H2,22,23,25). The molecule has 0 saturated carbocycles. The van der Waals surface area contributed by atoms with Crippen LogP contribution in [0, 0.1) is 5.92 Å². The molecule has 1 heterocycles. The third-order valence-corrected chi connectivity index (χ3v) is 4.90. The SMILES string of the molecule is COc1ccc(NC(=O)NCC2CCN(c3ccccc3OC)C2)cc1OC. The number of carbonyl (C=O) groups is 1. The van der Waals surface area contributed by atoms with E-state index in [1.54, 1.807) is 39.5 Å². The van der Waals surface area contributed by atoms with Crippen LogP contribution in [-0.4, -0.2) is 47.0 Å². The Balaban J connectivity index is 1.50. The highest BCUT2D eigenvalue weighted by atomic mass is 16.5. The van der Waals surface area contributed by atoms with Crippen LogP contribution >= 0.6 is 0 Å². The molecule has 1 fully saturated rings. The van der Waals surface area contributed by atoms with Gasteiger partial charge in [-0.1, -0.05) is 12.1 Å². The van der Waals surface area contributed by atoms with Crippen molar-refractivity contribution in [2.45, 2.75) is 6.42 Å². The van der Waals surface area contributed by atoms with E-state index in [0.717, 1.165) is 30.9 Å². The average molecular weight is 385 g/mol. The van der Waals surface area contributed by atoms with Gasteiger partial charge < -0.3 is 29.7 Å². The van der Waals surface area contributed by atoms with Gasteiger partial charge in [0, 0.05) is 31.4 Å². The van der Waals surface area contributed by atoms with Crippen molar-refractivity contribution in [3.63, 3.8) is 0 Å². The minimum Gasteiger partial charge on any atom is -0.495 e. The molecule has 0 spiro atoms. The molecule has 2 aromatic carbocycles. The molecule has 3 rings (SSSR count). The molecule has 150 valence electrons. The van der Waals surface area contributed by atoms with Crippen LogP contribution in [0.25, 0.3) is 0 Å². The maximum atomic E-state index is 12.2. The summed E-state index contributed by atoms with van der Waals surface area (Å²) in [5.74, 6) is 2.46. The molecule has 2 amide bonds. The largest absolute Gasteiger partial charge is 0.495 e. The topological polar surface area (TPSA) is 72.1 Å². The summed E-state index contributed by atoms with van der Waals surface area (Å²) in [6, 6.07) is 13.1. The average Bonchev–Trinajstić information content (AvgIpc) is 3.21. The lowest BCUT2D eigenvalue weighted by molar-refractivity contribution is 0.250. The number of rotatable bonds is 7. The number of para-hydroxylation sites is 2. The van der Waals surface area contributed by atoms with Crippen LogP contribution in [0.4, 0.5) is 16.2 Å². The van der Waals surface area contributed by atoms with E-state index in [9.17, 15) is 4.79 Å². The number of methoxy groups -OCH3 is 3. The fourth-order valence-electron chi connectivity index (χ4n) is 3.44. The summed E-state index contributed by atoms with van der Waals surface area (Å²) in [6.45, 7) is 2.45. The predicted molar refractivity (Wildman–Crippen MR) is 110 cm³/mol. The highest BCUT2D eigenvalue weighted by molar-refractivity contribution is 5.89. The Hall–Kier alpha value is -3.09. The highest BCUT2D eigenvalue weighted by Gasteiger charge is 2.24. The minimum absolute atomic E-state index is 0.233. The van der Waals surface area contributed by atoms with Crippen molar-refractivity contribution >= 4 is 17.4 Å². The smallest absolute Gasteiger partial charge is 0.319 e. The number of ether oxygens (including phenoxy) is 3. The van der Waals surface area contributed by atoms with Gasteiger partial charge in [0.2, 0.25) is 0 Å². The van der Waals surface area contributed by atoms with Crippen LogP contribution in [0.15, 0.2) is 42.5 Å². The second-order valence-electron chi connectivity index (χ2n) is 6.68. The number of benzene rings is 2. The molecule has 1 saturated heterocycles. The van der Waals surface area contributed by atoms with E-state index in [4.69, 9.17) is 14.2 Å². The second kappa shape index (κ2) is 9.21. The molecule has 0 bridgehead atoms. The maximum Gasteiger partial charge on any atom is 0.319 e. The summed E-state index contributed by atoms with van der Waals surface area (Å²) < 4.78 is 15.9. The minimum atomic E-state index is -0.233. The van der Waals surface area contributed by atoms with Gasteiger partial charge in [-0.15, -0.1) is 0 Å². The van der Waals surface area contributed by atoms with Gasteiger partial charge in [-0.25, -0.2) is 4.79 Å². The molecular formula is C21H27N3O4. The van der Waals surface area contributed by atoms with Crippen LogP contribution in [0.3, 0.4) is 0 Å². The summed E-state index contributed by atoms with van der Waals surface area (Å²) in [4.78, 5) is 14.6. The lowest BCUT2D eigenvalue weighted by Crippen LogP contribution is -2.34. The van der Waals surface area contributed by atoms with Crippen LogP contribution < -0.4 is 29.7 Å². The van der Waals surface area contributed by atoms with Crippen molar-refractivity contribution in [1.29, 1.82) is 0 Å². The number of nitrogens with zero attached hydrogens (tertiary/aromatic N) is 1. The van der Waals surface area contributed by atoms with Crippen molar-refractivity contribution in [2.24, 2.45) is 5.92 Å². The second-order valence-corrected chi connectivity index (χ2v) is 6.68. The van der Waals surface area contributed by atoms with Crippen LogP contribution in [0.5, 0.6) is 17.2 Å². The van der Waals surface area contributed by atoms with Gasteiger partial charge in [0.25, 0.3) is 0 Å². The van der Waals surface area contributed by atoms with E-state index < -0.39 is 0 Å². The monoisotopic (exact) mass is 385 g/mol. The number of hydrogen-bond donors (Lipinski definition) is 2. The van der Waals surface area contributed by atoms with Crippen molar-refractivity contribution in [3.8, 4) is 17.2 Å². The molecule has 1 unspecified atom stereocenters. The number of amides is 2. The lowest BCUT2D eigenvalue weighted by atomic mass is 10.1. The maximum absolute atomic E-state index is 12.2. The molecule has 2 N–H and O–H groups in total. The van der Waals surface area contributed by atoms with E-state index in [1.807, 2.05) is 18.2 Å². The lowest BCUT2D eigenvalue weighted by Gasteiger charge is -2.21. The van der Waals surface area contributed by atoms with Crippen molar-refractivity contribution < 1.29 is 19.0 Å². The van der Waals surface area contributed by atoms with Crippen molar-refractivity contribution in [2.75, 3.05) is 51.2 Å². The molecular weight excluding hydrogens is 358 g/mol. The summed E-state index contributed by atoms with van der Waals surface area (Å²) >= 11 is 0. The summed E-state index contributed by atoms with van der Waals surface area (Å²) in [7, 11) is 4.83. The molecule has 7 heteroatoms. The zero-order valence-corrected chi connectivity index (χ0v) is 16.5. The molecule has 0 aliphatic carbocycles. The predicted octanol–water partition coefficient (Wildman–Crippen LogP) is 3.36. The van der Waals surface area contributed by atoms with Gasteiger partial charge in [-0.3, -0.25) is 0 Å². The molecule has 1 aliphatic rings. The van der Waals surface area contributed by atoms with E-state index in [1.165, 1.54) is 0 Å². The van der Waals surface area contributed by atoms with E-state index in [0.29, 0.717) is 29.6 Å². The Morgan fingerprint density at radius 3 is 2.54 bits per heavy atom. The van der Waals surface area contributed by atoms with Crippen LogP contribution in [-0.2, 0) is 0 Å². The van der Waals surface area contributed by atoms with Crippen molar-refractivity contribution in [3.05, 3.63) is 42.5 Å². The number of hydrogen-bond acceptors (Lipinski definition) is 5. The Morgan fingerprint density at radius 2 is 1.79 bits per heavy atom. The highest BCUT2D eigenvalue weighted by Crippen LogP contribution is 2.32. The Labute approximate surface area is 165 Å². The Morgan fingerprint density at radius 1 is 1.04 bits per heavy atom. The van der Waals surface area contributed by atoms with Gasteiger partial charge >= 0.3 is 6.03 Å². The van der Waals surface area contributed by atoms with E-state index in [-0.39, 0.29) is 6.03 Å². The molecule has 7 nitrogen and oxygen atoms in total. The number of nitrogens with one attached hydrogen (secondary N) is 2. The van der Waals surface area contributed by atoms with Gasteiger partial charge in [0.15, 0.2) is 11.5 Å². The molecule has 0 radical (unpaired) electrons. The Bertz CT molecular complexity index is 812. The molecule has 2 aromatic rings. The molecule has 1 aliphatic heterocycles. The Kier molecular flexibility index (Phi) is 6.47. The van der Waals surface area contributed by atoms with Crippen molar-refractivity contribution in [1.82, 2.24) is 5.32 Å². The number of urea groups is 1. The fraction of sp³-hybridized carbons (Fsp3) is 0.381. The first kappa shape index (κ1) is 19.7. The fourth-order valence-corrected chi connectivity index (χ4v) is 3.44. The first-order valence-electron chi connectivity index (χ1n) is 9.29. The van der Waals surface area contributed by atoms with Gasteiger partial charge in [0.1, 0.15) is 5.75 Å². The first-order chi connectivity index (χ1) is 13.6. The molecule has 28 heavy (non-hydrogen) atoms. The zero-order valence-electron chi connectivity index (χ0n) is 16.5. The quantitative estimate of drug-likeness (QED) is 0.765. The van der Waals surface area contributed by atoms with Gasteiger partial charge in [-0.05, 0) is 36.6 Å². The van der Waals surface area contributed by atoms with Gasteiger partial charge in [-0.2, -0.15) is 0 Å². The third kappa shape index (κ3) is 4.60. The molecule has 1 atom stereocenters.